The van der Waals surface area contributed by atoms with Crippen LogP contribution in [0.3, 0.4) is 0 Å². The predicted octanol–water partition coefficient (Wildman–Crippen LogP) is 3.03. The Labute approximate surface area is 108 Å². The van der Waals surface area contributed by atoms with Crippen LogP contribution < -0.4 is 0 Å². The lowest BCUT2D eigenvalue weighted by atomic mass is 10.3. The van der Waals surface area contributed by atoms with Gasteiger partial charge in [0.05, 0.1) is 24.0 Å². The van der Waals surface area contributed by atoms with Gasteiger partial charge in [-0.1, -0.05) is 12.2 Å². The van der Waals surface area contributed by atoms with Crippen LogP contribution in [-0.4, -0.2) is 36.2 Å². The lowest BCUT2D eigenvalue weighted by Crippen LogP contribution is -1.99. The van der Waals surface area contributed by atoms with Crippen molar-refractivity contribution in [3.8, 4) is 0 Å². The van der Waals surface area contributed by atoms with E-state index in [0.29, 0.717) is 12.7 Å². The minimum Gasteiger partial charge on any atom is -0.499 e. The molecule has 0 aromatic heterocycles. The number of nitrogens with zero attached hydrogens (tertiary/aromatic N) is 1. The van der Waals surface area contributed by atoms with Gasteiger partial charge in [-0.3, -0.25) is 4.99 Å². The molecular formula is C13H21NO2S. The second-order valence-corrected chi connectivity index (χ2v) is 5.10. The summed E-state index contributed by atoms with van der Waals surface area (Å²) in [6, 6.07) is 0.160. The van der Waals surface area contributed by atoms with Crippen molar-refractivity contribution in [1.29, 1.82) is 0 Å². The third-order valence-corrected chi connectivity index (χ3v) is 3.03. The molecule has 3 nitrogen and oxygen atoms in total. The summed E-state index contributed by atoms with van der Waals surface area (Å²) in [5, 5.41) is 1.10. The molecule has 0 N–H and O–H groups in total. The van der Waals surface area contributed by atoms with Crippen LogP contribution in [0.1, 0.15) is 20.8 Å². The third-order valence-electron chi connectivity index (χ3n) is 2.15. The van der Waals surface area contributed by atoms with Gasteiger partial charge in [0, 0.05) is 5.75 Å². The molecule has 0 aromatic rings. The molecule has 0 bridgehead atoms. The molecule has 0 radical (unpaired) electrons. The Balaban J connectivity index is 2.15. The predicted molar refractivity (Wildman–Crippen MR) is 74.7 cm³/mol. The molecule has 0 aliphatic carbocycles. The molecule has 0 amide bonds. The average Bonchev–Trinajstić information content (AvgIpc) is 3.08. The van der Waals surface area contributed by atoms with E-state index in [4.69, 9.17) is 9.47 Å². The molecule has 0 aromatic carbocycles. The molecule has 96 valence electrons. The first-order valence-electron chi connectivity index (χ1n) is 5.90. The van der Waals surface area contributed by atoms with Crippen molar-refractivity contribution in [1.82, 2.24) is 0 Å². The molecule has 0 saturated carbocycles. The standard InChI is InChI=1S/C13H21NO2S/c1-4-5-8-17-12(3)14-11(2)6-7-15-9-13-10-16-13/h4-7,11,13H,8-10H2,1-3H3/b5-4-,7-6+,14-12?. The Bertz CT molecular complexity index is 296. The lowest BCUT2D eigenvalue weighted by Gasteiger charge is -2.03. The van der Waals surface area contributed by atoms with Gasteiger partial charge in [-0.25, -0.2) is 0 Å². The molecular weight excluding hydrogens is 234 g/mol. The number of epoxide rings is 1. The molecule has 4 heteroatoms. The van der Waals surface area contributed by atoms with Crippen LogP contribution in [0, 0.1) is 0 Å². The topological polar surface area (TPSA) is 34.1 Å². The number of hydrogen-bond acceptors (Lipinski definition) is 4. The van der Waals surface area contributed by atoms with E-state index in [9.17, 15) is 0 Å². The third kappa shape index (κ3) is 8.05. The number of hydrogen-bond donors (Lipinski definition) is 0. The summed E-state index contributed by atoms with van der Waals surface area (Å²) in [5.41, 5.74) is 0. The zero-order chi connectivity index (χ0) is 12.5. The van der Waals surface area contributed by atoms with E-state index in [-0.39, 0.29) is 6.04 Å². The normalized spacial score (nSPS) is 22.3. The van der Waals surface area contributed by atoms with Gasteiger partial charge in [-0.2, -0.15) is 0 Å². The highest BCUT2D eigenvalue weighted by Crippen LogP contribution is 2.09. The summed E-state index contributed by atoms with van der Waals surface area (Å²) in [4.78, 5) is 4.53. The minimum absolute atomic E-state index is 0.160. The maximum Gasteiger partial charge on any atom is 0.116 e. The van der Waals surface area contributed by atoms with Crippen LogP contribution in [0.2, 0.25) is 0 Å². The van der Waals surface area contributed by atoms with Crippen LogP contribution in [-0.2, 0) is 9.47 Å². The van der Waals surface area contributed by atoms with Gasteiger partial charge in [0.25, 0.3) is 0 Å². The van der Waals surface area contributed by atoms with Crippen molar-refractivity contribution in [2.24, 2.45) is 4.99 Å². The summed E-state index contributed by atoms with van der Waals surface area (Å²) in [6.07, 6.45) is 8.18. The fourth-order valence-electron chi connectivity index (χ4n) is 1.13. The highest BCUT2D eigenvalue weighted by atomic mass is 32.2. The Morgan fingerprint density at radius 2 is 2.41 bits per heavy atom. The average molecular weight is 255 g/mol. The number of rotatable bonds is 7. The Morgan fingerprint density at radius 1 is 1.65 bits per heavy atom. The fourth-order valence-corrected chi connectivity index (χ4v) is 1.90. The molecule has 1 saturated heterocycles. The summed E-state index contributed by atoms with van der Waals surface area (Å²) in [6.45, 7) is 7.61. The zero-order valence-electron chi connectivity index (χ0n) is 10.8. The van der Waals surface area contributed by atoms with Crippen LogP contribution in [0.5, 0.6) is 0 Å². The number of allylic oxidation sites excluding steroid dienone is 1. The lowest BCUT2D eigenvalue weighted by molar-refractivity contribution is 0.211. The van der Waals surface area contributed by atoms with Crippen LogP contribution in [0.4, 0.5) is 0 Å². The summed E-state index contributed by atoms with van der Waals surface area (Å²) in [7, 11) is 0. The Morgan fingerprint density at radius 3 is 3.06 bits per heavy atom. The molecule has 0 spiro atoms. The highest BCUT2D eigenvalue weighted by Gasteiger charge is 2.22. The number of aliphatic imine (C=N–C) groups is 1. The maximum absolute atomic E-state index is 5.32. The maximum atomic E-state index is 5.32. The first-order valence-corrected chi connectivity index (χ1v) is 6.89. The van der Waals surface area contributed by atoms with Crippen LogP contribution in [0.25, 0.3) is 0 Å². The molecule has 1 fully saturated rings. The molecule has 1 aliphatic heterocycles. The van der Waals surface area contributed by atoms with Gasteiger partial charge in [0.2, 0.25) is 0 Å². The van der Waals surface area contributed by atoms with Crippen molar-refractivity contribution in [3.05, 3.63) is 24.5 Å². The first kappa shape index (κ1) is 14.3. The molecule has 2 atom stereocenters. The Hall–Kier alpha value is -0.740. The fraction of sp³-hybridized carbons (Fsp3) is 0.615. The minimum atomic E-state index is 0.160. The van der Waals surface area contributed by atoms with Crippen molar-refractivity contribution >= 4 is 16.8 Å². The van der Waals surface area contributed by atoms with E-state index in [1.807, 2.05) is 26.8 Å². The van der Waals surface area contributed by atoms with Gasteiger partial charge in [0.15, 0.2) is 0 Å². The molecule has 17 heavy (non-hydrogen) atoms. The number of ether oxygens (including phenoxy) is 2. The van der Waals surface area contributed by atoms with Gasteiger partial charge < -0.3 is 9.47 Å². The van der Waals surface area contributed by atoms with E-state index >= 15 is 0 Å². The summed E-state index contributed by atoms with van der Waals surface area (Å²) in [5.74, 6) is 0.984. The van der Waals surface area contributed by atoms with E-state index < -0.39 is 0 Å². The van der Waals surface area contributed by atoms with Gasteiger partial charge in [0.1, 0.15) is 12.7 Å². The van der Waals surface area contributed by atoms with Crippen LogP contribution >= 0.6 is 11.8 Å². The molecule has 1 aliphatic rings. The van der Waals surface area contributed by atoms with Crippen molar-refractivity contribution in [3.63, 3.8) is 0 Å². The number of thioether (sulfide) groups is 1. The second-order valence-electron chi connectivity index (χ2n) is 3.89. The van der Waals surface area contributed by atoms with E-state index in [0.717, 1.165) is 17.4 Å². The SMILES string of the molecule is C/C=C\CSC(C)=NC(C)/C=C/OCC1CO1. The first-order chi connectivity index (χ1) is 8.22. The van der Waals surface area contributed by atoms with Crippen molar-refractivity contribution in [2.75, 3.05) is 19.0 Å². The van der Waals surface area contributed by atoms with Crippen molar-refractivity contribution in [2.45, 2.75) is 32.9 Å². The van der Waals surface area contributed by atoms with Gasteiger partial charge >= 0.3 is 0 Å². The summed E-state index contributed by atoms with van der Waals surface area (Å²) >= 11 is 1.75. The highest BCUT2D eigenvalue weighted by molar-refractivity contribution is 8.14. The molecule has 1 heterocycles. The second kappa shape index (κ2) is 8.37. The Kier molecular flexibility index (Phi) is 7.05. The molecule has 2 unspecified atom stereocenters. The van der Waals surface area contributed by atoms with Crippen molar-refractivity contribution < 1.29 is 9.47 Å². The quantitative estimate of drug-likeness (QED) is 0.230. The van der Waals surface area contributed by atoms with E-state index in [2.05, 4.69) is 17.1 Å². The molecule has 1 rings (SSSR count). The van der Waals surface area contributed by atoms with E-state index in [1.165, 1.54) is 0 Å². The monoisotopic (exact) mass is 255 g/mol. The van der Waals surface area contributed by atoms with Crippen LogP contribution in [0.15, 0.2) is 29.5 Å². The smallest absolute Gasteiger partial charge is 0.116 e. The zero-order valence-corrected chi connectivity index (χ0v) is 11.6. The van der Waals surface area contributed by atoms with Gasteiger partial charge in [-0.05, 0) is 26.8 Å². The van der Waals surface area contributed by atoms with Gasteiger partial charge in [-0.15, -0.1) is 11.8 Å². The summed E-state index contributed by atoms with van der Waals surface area (Å²) < 4.78 is 10.4. The van der Waals surface area contributed by atoms with E-state index in [1.54, 1.807) is 18.0 Å². The largest absolute Gasteiger partial charge is 0.499 e.